The number of nitrogens with zero attached hydrogens (tertiary/aromatic N) is 2. The molecule has 0 bridgehead atoms. The third-order valence-electron chi connectivity index (χ3n) is 4.51. The van der Waals surface area contributed by atoms with E-state index in [2.05, 4.69) is 42.0 Å². The average Bonchev–Trinajstić information content (AvgIpc) is 2.48. The minimum absolute atomic E-state index is 0.0824. The number of fused-ring (bicyclic) bond motifs is 1. The summed E-state index contributed by atoms with van der Waals surface area (Å²) in [5.74, 6) is 0.941. The van der Waals surface area contributed by atoms with Gasteiger partial charge in [-0.1, -0.05) is 19.1 Å². The largest absolute Gasteiger partial charge is 0.490 e. The van der Waals surface area contributed by atoms with E-state index < -0.39 is 6.10 Å². The molecule has 0 amide bonds. The van der Waals surface area contributed by atoms with Crippen molar-refractivity contribution in [1.29, 1.82) is 0 Å². The van der Waals surface area contributed by atoms with Crippen molar-refractivity contribution in [2.75, 3.05) is 39.8 Å². The summed E-state index contributed by atoms with van der Waals surface area (Å²) in [6.07, 6.45) is 0.580. The summed E-state index contributed by atoms with van der Waals surface area (Å²) in [4.78, 5) is 4.75. The monoisotopic (exact) mass is 276 g/mol. The van der Waals surface area contributed by atoms with Crippen molar-refractivity contribution >= 4 is 0 Å². The second-order valence-corrected chi connectivity index (χ2v) is 5.89. The first kappa shape index (κ1) is 13.9. The molecule has 2 atom stereocenters. The van der Waals surface area contributed by atoms with E-state index >= 15 is 0 Å². The van der Waals surface area contributed by atoms with Gasteiger partial charge in [0.2, 0.25) is 0 Å². The normalized spacial score (nSPS) is 27.9. The zero-order valence-electron chi connectivity index (χ0n) is 12.4. The fraction of sp³-hybridized carbons (Fsp3) is 0.625. The average molecular weight is 276 g/mol. The number of aryl methyl sites for hydroxylation is 1. The van der Waals surface area contributed by atoms with E-state index in [0.29, 0.717) is 6.61 Å². The summed E-state index contributed by atoms with van der Waals surface area (Å²) in [5.41, 5.74) is 2.47. The molecule has 2 unspecified atom stereocenters. The highest BCUT2D eigenvalue weighted by Crippen LogP contribution is 2.37. The second kappa shape index (κ2) is 5.72. The van der Waals surface area contributed by atoms with E-state index in [1.54, 1.807) is 0 Å². The molecule has 110 valence electrons. The number of benzene rings is 1. The molecule has 2 aliphatic heterocycles. The summed E-state index contributed by atoms with van der Waals surface area (Å²) in [6, 6.07) is 6.47. The van der Waals surface area contributed by atoms with Crippen LogP contribution in [0.2, 0.25) is 0 Å². The summed E-state index contributed by atoms with van der Waals surface area (Å²) < 4.78 is 5.69. The van der Waals surface area contributed by atoms with Gasteiger partial charge in [-0.2, -0.15) is 0 Å². The predicted octanol–water partition coefficient (Wildman–Crippen LogP) is 1.29. The third kappa shape index (κ3) is 2.55. The number of likely N-dealkylation sites (N-methyl/N-ethyl adjacent to an activating group) is 1. The Balaban J connectivity index is 1.90. The number of aliphatic hydroxyl groups excluding tert-OH is 1. The maximum absolute atomic E-state index is 10.4. The highest BCUT2D eigenvalue weighted by molar-refractivity contribution is 5.41. The summed E-state index contributed by atoms with van der Waals surface area (Å²) >= 11 is 0. The van der Waals surface area contributed by atoms with Crippen LogP contribution in [-0.2, 0) is 6.42 Å². The molecule has 4 heteroatoms. The SMILES string of the molecule is CCc1ccc2c(c1)C(N1CCN(C)CC1)C(O)CO2. The lowest BCUT2D eigenvalue weighted by molar-refractivity contribution is -0.0153. The fourth-order valence-corrected chi connectivity index (χ4v) is 3.19. The molecule has 1 fully saturated rings. The molecule has 1 saturated heterocycles. The van der Waals surface area contributed by atoms with E-state index in [1.807, 2.05) is 0 Å². The Labute approximate surface area is 120 Å². The van der Waals surface area contributed by atoms with Gasteiger partial charge < -0.3 is 14.7 Å². The standard InChI is InChI=1S/C16H24N2O2/c1-3-12-4-5-15-13(10-12)16(14(19)11-20-15)18-8-6-17(2)7-9-18/h4-5,10,14,16,19H,3,6-9,11H2,1-2H3. The van der Waals surface area contributed by atoms with Crippen LogP contribution in [0.1, 0.15) is 24.1 Å². The Morgan fingerprint density at radius 1 is 1.25 bits per heavy atom. The van der Waals surface area contributed by atoms with Crippen LogP contribution in [0.25, 0.3) is 0 Å². The molecule has 1 aromatic rings. The lowest BCUT2D eigenvalue weighted by atomic mass is 9.93. The van der Waals surface area contributed by atoms with E-state index in [0.717, 1.165) is 43.9 Å². The number of ether oxygens (including phenoxy) is 1. The van der Waals surface area contributed by atoms with E-state index in [4.69, 9.17) is 4.74 Å². The molecule has 0 saturated carbocycles. The van der Waals surface area contributed by atoms with Gasteiger partial charge in [-0.3, -0.25) is 4.90 Å². The zero-order chi connectivity index (χ0) is 14.1. The number of hydrogen-bond acceptors (Lipinski definition) is 4. The van der Waals surface area contributed by atoms with Crippen LogP contribution in [0.5, 0.6) is 5.75 Å². The molecule has 4 nitrogen and oxygen atoms in total. The van der Waals surface area contributed by atoms with Crippen LogP contribution in [0.4, 0.5) is 0 Å². The minimum atomic E-state index is -0.432. The molecule has 20 heavy (non-hydrogen) atoms. The Bertz CT molecular complexity index is 470. The highest BCUT2D eigenvalue weighted by atomic mass is 16.5. The molecular formula is C16H24N2O2. The molecule has 0 aromatic heterocycles. The van der Waals surface area contributed by atoms with E-state index in [-0.39, 0.29) is 6.04 Å². The molecule has 1 aromatic carbocycles. The first-order chi connectivity index (χ1) is 9.69. The maximum Gasteiger partial charge on any atom is 0.124 e. The molecule has 0 aliphatic carbocycles. The Morgan fingerprint density at radius 3 is 2.70 bits per heavy atom. The van der Waals surface area contributed by atoms with Crippen molar-refractivity contribution in [3.8, 4) is 5.75 Å². The molecule has 0 radical (unpaired) electrons. The maximum atomic E-state index is 10.4. The minimum Gasteiger partial charge on any atom is -0.490 e. The van der Waals surface area contributed by atoms with Crippen LogP contribution < -0.4 is 4.74 Å². The molecule has 0 spiro atoms. The molecule has 3 rings (SSSR count). The van der Waals surface area contributed by atoms with E-state index in [9.17, 15) is 5.11 Å². The van der Waals surface area contributed by atoms with Gasteiger partial charge in [0.05, 0.1) is 6.04 Å². The molecule has 2 heterocycles. The van der Waals surface area contributed by atoms with Gasteiger partial charge in [0.15, 0.2) is 0 Å². The van der Waals surface area contributed by atoms with Gasteiger partial charge in [0, 0.05) is 31.7 Å². The predicted molar refractivity (Wildman–Crippen MR) is 79.1 cm³/mol. The quantitative estimate of drug-likeness (QED) is 0.883. The van der Waals surface area contributed by atoms with Gasteiger partial charge in [0.25, 0.3) is 0 Å². The van der Waals surface area contributed by atoms with Gasteiger partial charge in [0.1, 0.15) is 18.5 Å². The lowest BCUT2D eigenvalue weighted by Crippen LogP contribution is -2.50. The number of aliphatic hydroxyl groups is 1. The summed E-state index contributed by atoms with van der Waals surface area (Å²) in [7, 11) is 2.15. The van der Waals surface area contributed by atoms with Crippen molar-refractivity contribution in [2.24, 2.45) is 0 Å². The van der Waals surface area contributed by atoms with Crippen LogP contribution >= 0.6 is 0 Å². The van der Waals surface area contributed by atoms with Crippen molar-refractivity contribution in [1.82, 2.24) is 9.80 Å². The fourth-order valence-electron chi connectivity index (χ4n) is 3.19. The van der Waals surface area contributed by atoms with Crippen molar-refractivity contribution in [3.63, 3.8) is 0 Å². The van der Waals surface area contributed by atoms with Crippen molar-refractivity contribution in [2.45, 2.75) is 25.5 Å². The second-order valence-electron chi connectivity index (χ2n) is 5.89. The summed E-state index contributed by atoms with van der Waals surface area (Å²) in [6.45, 7) is 6.70. The third-order valence-corrected chi connectivity index (χ3v) is 4.51. The first-order valence-corrected chi connectivity index (χ1v) is 7.55. The van der Waals surface area contributed by atoms with E-state index in [1.165, 1.54) is 5.56 Å². The topological polar surface area (TPSA) is 35.9 Å². The summed E-state index contributed by atoms with van der Waals surface area (Å²) in [5, 5.41) is 10.4. The first-order valence-electron chi connectivity index (χ1n) is 7.55. The number of piperazine rings is 1. The number of rotatable bonds is 2. The van der Waals surface area contributed by atoms with Crippen LogP contribution in [0.15, 0.2) is 18.2 Å². The molecule has 2 aliphatic rings. The smallest absolute Gasteiger partial charge is 0.124 e. The Hall–Kier alpha value is -1.10. The highest BCUT2D eigenvalue weighted by Gasteiger charge is 2.35. The van der Waals surface area contributed by atoms with Gasteiger partial charge in [-0.05, 0) is 25.1 Å². The van der Waals surface area contributed by atoms with Crippen molar-refractivity contribution in [3.05, 3.63) is 29.3 Å². The Morgan fingerprint density at radius 2 is 2.00 bits per heavy atom. The van der Waals surface area contributed by atoms with Crippen LogP contribution in [0, 0.1) is 0 Å². The van der Waals surface area contributed by atoms with Gasteiger partial charge in [-0.15, -0.1) is 0 Å². The zero-order valence-corrected chi connectivity index (χ0v) is 12.4. The Kier molecular flexibility index (Phi) is 3.96. The van der Waals surface area contributed by atoms with Crippen LogP contribution in [0.3, 0.4) is 0 Å². The molecular weight excluding hydrogens is 252 g/mol. The van der Waals surface area contributed by atoms with Crippen molar-refractivity contribution < 1.29 is 9.84 Å². The number of hydrogen-bond donors (Lipinski definition) is 1. The van der Waals surface area contributed by atoms with Crippen LogP contribution in [-0.4, -0.2) is 60.8 Å². The van der Waals surface area contributed by atoms with Gasteiger partial charge in [-0.25, -0.2) is 0 Å². The lowest BCUT2D eigenvalue weighted by Gasteiger charge is -2.42. The van der Waals surface area contributed by atoms with Gasteiger partial charge >= 0.3 is 0 Å². The molecule has 1 N–H and O–H groups in total.